The van der Waals surface area contributed by atoms with Gasteiger partial charge in [-0.05, 0) is 24.3 Å². The molecule has 0 aliphatic heterocycles. The summed E-state index contributed by atoms with van der Waals surface area (Å²) in [5.41, 5.74) is -4.51. The van der Waals surface area contributed by atoms with E-state index >= 15 is 0 Å². The van der Waals surface area contributed by atoms with Gasteiger partial charge in [-0.2, -0.15) is 0 Å². The van der Waals surface area contributed by atoms with Gasteiger partial charge in [0.15, 0.2) is 5.56 Å². The number of methoxy groups -OCH3 is 1. The molecule has 0 amide bonds. The van der Waals surface area contributed by atoms with E-state index in [2.05, 4.69) is 0 Å². The van der Waals surface area contributed by atoms with Crippen LogP contribution >= 0.6 is 0 Å². The minimum Gasteiger partial charge on any atom is -0.543 e. The molecule has 0 bridgehead atoms. The van der Waals surface area contributed by atoms with E-state index in [1.54, 1.807) is 4.98 Å². The SMILES string of the molecule is COc1ccc(-n2c(C(=O)[O-])c(C(=O)O)c(=O)[nH]c2=O)cc1.[Na+]. The molecule has 2 N–H and O–H groups in total. The topological polar surface area (TPSA) is 142 Å². The molecule has 0 aliphatic rings. The molecule has 0 aliphatic carbocycles. The molecule has 114 valence electrons. The number of aromatic nitrogens is 2. The van der Waals surface area contributed by atoms with Crippen molar-refractivity contribution >= 4 is 11.9 Å². The molecule has 1 heterocycles. The third-order valence-corrected chi connectivity index (χ3v) is 2.85. The number of rotatable bonds is 4. The van der Waals surface area contributed by atoms with E-state index in [0.717, 1.165) is 0 Å². The van der Waals surface area contributed by atoms with Crippen LogP contribution in [-0.2, 0) is 0 Å². The van der Waals surface area contributed by atoms with Gasteiger partial charge in [-0.25, -0.2) is 9.59 Å². The Labute approximate surface area is 150 Å². The first kappa shape index (κ1) is 18.7. The smallest absolute Gasteiger partial charge is 0.543 e. The van der Waals surface area contributed by atoms with Gasteiger partial charge >= 0.3 is 41.2 Å². The monoisotopic (exact) mass is 328 g/mol. The Hall–Kier alpha value is -2.36. The first-order valence-electron chi connectivity index (χ1n) is 5.85. The minimum absolute atomic E-state index is 0. The number of aromatic carboxylic acids is 2. The summed E-state index contributed by atoms with van der Waals surface area (Å²) >= 11 is 0. The second-order valence-electron chi connectivity index (χ2n) is 4.11. The van der Waals surface area contributed by atoms with Gasteiger partial charge in [0.2, 0.25) is 0 Å². The van der Waals surface area contributed by atoms with E-state index in [0.29, 0.717) is 10.3 Å². The van der Waals surface area contributed by atoms with Crippen LogP contribution in [0.1, 0.15) is 20.8 Å². The van der Waals surface area contributed by atoms with Crippen molar-refractivity contribution in [2.24, 2.45) is 0 Å². The average Bonchev–Trinajstić information content (AvgIpc) is 2.46. The van der Waals surface area contributed by atoms with E-state index in [1.807, 2.05) is 0 Å². The molecule has 9 nitrogen and oxygen atoms in total. The van der Waals surface area contributed by atoms with E-state index in [1.165, 1.54) is 31.4 Å². The Morgan fingerprint density at radius 2 is 1.78 bits per heavy atom. The van der Waals surface area contributed by atoms with E-state index < -0.39 is 34.4 Å². The summed E-state index contributed by atoms with van der Waals surface area (Å²) in [5, 5.41) is 20.2. The summed E-state index contributed by atoms with van der Waals surface area (Å²) in [7, 11) is 1.41. The first-order chi connectivity index (χ1) is 10.4. The Bertz CT molecular complexity index is 867. The number of carbonyl (C=O) groups is 2. The summed E-state index contributed by atoms with van der Waals surface area (Å²) in [6.07, 6.45) is 0. The maximum Gasteiger partial charge on any atom is 1.00 e. The quantitative estimate of drug-likeness (QED) is 0.540. The molecule has 1 aromatic carbocycles. The van der Waals surface area contributed by atoms with Crippen LogP contribution in [0.15, 0.2) is 33.9 Å². The van der Waals surface area contributed by atoms with Crippen LogP contribution in [0.25, 0.3) is 5.69 Å². The predicted octanol–water partition coefficient (Wildman–Crippen LogP) is -4.40. The molecule has 2 rings (SSSR count). The number of nitrogens with zero attached hydrogens (tertiary/aromatic N) is 1. The molecule has 10 heteroatoms. The maximum atomic E-state index is 11.9. The number of hydrogen-bond acceptors (Lipinski definition) is 6. The number of H-pyrrole nitrogens is 1. The number of ether oxygens (including phenoxy) is 1. The molecule has 0 saturated heterocycles. The molecule has 23 heavy (non-hydrogen) atoms. The molecule has 0 unspecified atom stereocenters. The molecule has 1 aromatic heterocycles. The van der Waals surface area contributed by atoms with Crippen LogP contribution in [0.3, 0.4) is 0 Å². The Morgan fingerprint density at radius 1 is 1.22 bits per heavy atom. The predicted molar refractivity (Wildman–Crippen MR) is 70.5 cm³/mol. The van der Waals surface area contributed by atoms with Crippen molar-refractivity contribution < 1.29 is 54.1 Å². The Kier molecular flexibility index (Phi) is 5.91. The standard InChI is InChI=1S/C13H10N2O7.Na/c1-22-7-4-2-6(3-5-7)15-9(12(19)20)8(11(17)18)10(16)14-13(15)21;/h2-5H,1H3,(H,17,18)(H,19,20)(H,14,16,21);/q;+1/p-1. The van der Waals surface area contributed by atoms with Crippen LogP contribution in [-0.4, -0.2) is 33.7 Å². The number of nitrogens with one attached hydrogen (secondary N) is 1. The zero-order chi connectivity index (χ0) is 16.4. The number of carboxylic acid groups (broad SMARTS) is 2. The Balaban J connectivity index is 0.00000264. The van der Waals surface area contributed by atoms with Crippen LogP contribution in [0.5, 0.6) is 5.75 Å². The molecule has 0 saturated carbocycles. The molecule has 0 spiro atoms. The summed E-state index contributed by atoms with van der Waals surface area (Å²) in [4.78, 5) is 47.5. The van der Waals surface area contributed by atoms with Crippen molar-refractivity contribution in [3.05, 3.63) is 56.4 Å². The van der Waals surface area contributed by atoms with E-state index in [9.17, 15) is 24.3 Å². The molecule has 0 atom stereocenters. The second-order valence-corrected chi connectivity index (χ2v) is 4.11. The van der Waals surface area contributed by atoms with Gasteiger partial charge in [-0.15, -0.1) is 0 Å². The molecular formula is C13H9N2NaO7. The third-order valence-electron chi connectivity index (χ3n) is 2.85. The van der Waals surface area contributed by atoms with Gasteiger partial charge in [-0.3, -0.25) is 14.3 Å². The Morgan fingerprint density at radius 3 is 2.22 bits per heavy atom. The van der Waals surface area contributed by atoms with E-state index in [-0.39, 0.29) is 35.2 Å². The van der Waals surface area contributed by atoms with Crippen LogP contribution in [0.4, 0.5) is 0 Å². The average molecular weight is 328 g/mol. The van der Waals surface area contributed by atoms with Gasteiger partial charge < -0.3 is 19.7 Å². The normalized spacial score (nSPS) is 9.78. The van der Waals surface area contributed by atoms with Gasteiger partial charge in [0.05, 0.1) is 24.5 Å². The summed E-state index contributed by atoms with van der Waals surface area (Å²) in [6, 6.07) is 5.53. The largest absolute Gasteiger partial charge is 1.00 e. The summed E-state index contributed by atoms with van der Waals surface area (Å²) in [6.45, 7) is 0. The molecular weight excluding hydrogens is 319 g/mol. The van der Waals surface area contributed by atoms with Crippen molar-refractivity contribution in [1.82, 2.24) is 9.55 Å². The van der Waals surface area contributed by atoms with Crippen molar-refractivity contribution in [2.45, 2.75) is 0 Å². The number of benzene rings is 1. The third kappa shape index (κ3) is 3.52. The van der Waals surface area contributed by atoms with Crippen LogP contribution in [0.2, 0.25) is 0 Å². The van der Waals surface area contributed by atoms with Crippen LogP contribution < -0.4 is 50.6 Å². The van der Waals surface area contributed by atoms with Crippen LogP contribution in [0, 0.1) is 0 Å². The van der Waals surface area contributed by atoms with Crippen molar-refractivity contribution in [2.75, 3.05) is 7.11 Å². The number of carboxylic acids is 2. The number of hydrogen-bond donors (Lipinski definition) is 2. The minimum atomic E-state index is -1.96. The number of carbonyl (C=O) groups excluding carboxylic acids is 1. The maximum absolute atomic E-state index is 11.9. The van der Waals surface area contributed by atoms with Gasteiger partial charge in [0, 0.05) is 0 Å². The zero-order valence-corrected chi connectivity index (χ0v) is 14.2. The fraction of sp³-hybridized carbons (Fsp3) is 0.0769. The molecule has 0 radical (unpaired) electrons. The number of aromatic amines is 1. The van der Waals surface area contributed by atoms with Crippen molar-refractivity contribution in [3.63, 3.8) is 0 Å². The second kappa shape index (κ2) is 7.27. The zero-order valence-electron chi connectivity index (χ0n) is 12.2. The fourth-order valence-corrected chi connectivity index (χ4v) is 1.91. The summed E-state index contributed by atoms with van der Waals surface area (Å²) < 4.78 is 5.47. The molecule has 0 fully saturated rings. The van der Waals surface area contributed by atoms with Gasteiger partial charge in [0.25, 0.3) is 5.56 Å². The van der Waals surface area contributed by atoms with Gasteiger partial charge in [0.1, 0.15) is 5.75 Å². The first-order valence-corrected chi connectivity index (χ1v) is 5.85. The fourth-order valence-electron chi connectivity index (χ4n) is 1.91. The van der Waals surface area contributed by atoms with Gasteiger partial charge in [-0.1, -0.05) is 0 Å². The van der Waals surface area contributed by atoms with Crippen molar-refractivity contribution in [3.8, 4) is 11.4 Å². The summed E-state index contributed by atoms with van der Waals surface area (Å²) in [5.74, 6) is -3.31. The van der Waals surface area contributed by atoms with Crippen molar-refractivity contribution in [1.29, 1.82) is 0 Å². The van der Waals surface area contributed by atoms with E-state index in [4.69, 9.17) is 9.84 Å². The molecule has 2 aromatic rings.